The first-order valence-electron chi connectivity index (χ1n) is 50.8. The molecule has 33 heteroatoms. The van der Waals surface area contributed by atoms with Crippen molar-refractivity contribution in [3.05, 3.63) is 138 Å². The van der Waals surface area contributed by atoms with Crippen molar-refractivity contribution in [1.82, 2.24) is 89.6 Å². The molecule has 7 aromatic rings. The Morgan fingerprint density at radius 1 is 0.379 bits per heavy atom. The van der Waals surface area contributed by atoms with Crippen molar-refractivity contribution in [2.45, 2.75) is 351 Å². The summed E-state index contributed by atoms with van der Waals surface area (Å²) in [5.74, 6) is 8.12. The number of hydrogen-bond acceptors (Lipinski definition) is 25. The van der Waals surface area contributed by atoms with Gasteiger partial charge in [-0.1, -0.05) is 200 Å². The molecule has 30 nitrogen and oxygen atoms in total. The van der Waals surface area contributed by atoms with E-state index in [0.29, 0.717) is 78.5 Å². The second kappa shape index (κ2) is 51.9. The first-order valence-corrected chi connectivity index (χ1v) is 50.8. The summed E-state index contributed by atoms with van der Waals surface area (Å²) in [5.41, 5.74) is 7.73. The van der Waals surface area contributed by atoms with Crippen molar-refractivity contribution in [2.75, 3.05) is 118 Å². The quantitative estimate of drug-likeness (QED) is 0.0274. The van der Waals surface area contributed by atoms with E-state index >= 15 is 0 Å². The Morgan fingerprint density at radius 2 is 0.700 bits per heavy atom. The molecule has 0 radical (unpaired) electrons. The van der Waals surface area contributed by atoms with Crippen LogP contribution in [0.2, 0.25) is 0 Å². The zero-order valence-corrected chi connectivity index (χ0v) is 89.3. The van der Waals surface area contributed by atoms with Crippen LogP contribution in [-0.4, -0.2) is 242 Å². The largest absolute Gasteiger partial charge is 0.478 e. The minimum Gasteiger partial charge on any atom is -0.478 e. The molecule has 14 rings (SSSR count). The lowest BCUT2D eigenvalue weighted by molar-refractivity contribution is -0.139. The molecule has 5 amide bonds. The van der Waals surface area contributed by atoms with Crippen LogP contribution in [0.15, 0.2) is 98.6 Å². The molecule has 0 spiro atoms. The van der Waals surface area contributed by atoms with Crippen LogP contribution in [0.25, 0.3) is 0 Å². The van der Waals surface area contributed by atoms with Gasteiger partial charge in [-0.25, -0.2) is 59.8 Å². The van der Waals surface area contributed by atoms with Crippen LogP contribution in [0.4, 0.5) is 42.3 Å². The first-order chi connectivity index (χ1) is 65.5. The molecule has 5 saturated heterocycles. The summed E-state index contributed by atoms with van der Waals surface area (Å²) < 4.78 is 46.5. The van der Waals surface area contributed by atoms with Crippen LogP contribution in [0.5, 0.6) is 11.8 Å². The highest BCUT2D eigenvalue weighted by atomic mass is 19.4. The van der Waals surface area contributed by atoms with Gasteiger partial charge in [-0.3, -0.25) is 24.0 Å². The molecule has 0 unspecified atom stereocenters. The Bertz CT molecular complexity index is 4990. The zero-order valence-electron chi connectivity index (χ0n) is 89.3. The molecule has 7 aliphatic rings. The maximum Gasteiger partial charge on any atom is 0.401 e. The van der Waals surface area contributed by atoms with Gasteiger partial charge in [0, 0.05) is 197 Å². The number of unbranched alkanes of at least 4 members (excludes halogenated alkanes) is 1. The number of anilines is 5. The van der Waals surface area contributed by atoms with Crippen LogP contribution >= 0.6 is 0 Å². The van der Waals surface area contributed by atoms with E-state index in [1.807, 2.05) is 101 Å². The minimum atomic E-state index is -4.19. The average molecular weight is 1950 g/mol. The van der Waals surface area contributed by atoms with Gasteiger partial charge in [-0.15, -0.1) is 0 Å². The third-order valence-electron chi connectivity index (χ3n) is 24.9. The topological polar surface area (TPSA) is 347 Å². The smallest absolute Gasteiger partial charge is 0.401 e. The van der Waals surface area contributed by atoms with E-state index in [1.54, 1.807) is 37.8 Å². The number of nitrogens with one attached hydrogen (secondary N) is 6. The van der Waals surface area contributed by atoms with Crippen LogP contribution in [0.1, 0.15) is 316 Å². The van der Waals surface area contributed by atoms with E-state index in [1.165, 1.54) is 12.0 Å². The molecule has 5 aliphatic heterocycles. The fraction of sp³-hybridized carbons (Fsp3) is 0.673. The van der Waals surface area contributed by atoms with Crippen molar-refractivity contribution in [3.63, 3.8) is 0 Å². The van der Waals surface area contributed by atoms with Crippen LogP contribution in [0.3, 0.4) is 0 Å². The van der Waals surface area contributed by atoms with E-state index < -0.39 is 12.7 Å². The van der Waals surface area contributed by atoms with Crippen LogP contribution in [-0.2, 0) is 61.9 Å². The summed E-state index contributed by atoms with van der Waals surface area (Å²) in [7, 11) is 0. The number of aromatic nitrogens is 12. The second-order valence-corrected chi connectivity index (χ2v) is 46.1. The molecule has 7 aromatic heterocycles. The monoisotopic (exact) mass is 1940 g/mol. The summed E-state index contributed by atoms with van der Waals surface area (Å²) in [5, 5.41) is 19.4. The van der Waals surface area contributed by atoms with Crippen molar-refractivity contribution in [1.29, 1.82) is 0 Å². The van der Waals surface area contributed by atoms with Gasteiger partial charge >= 0.3 is 6.18 Å². The van der Waals surface area contributed by atoms with Gasteiger partial charge in [0.1, 0.15) is 67.3 Å². The molecule has 0 aromatic carbocycles. The van der Waals surface area contributed by atoms with E-state index in [9.17, 15) is 37.1 Å². The highest BCUT2D eigenvalue weighted by Crippen LogP contribution is 2.36. The van der Waals surface area contributed by atoms with Crippen molar-refractivity contribution in [3.8, 4) is 11.8 Å². The van der Waals surface area contributed by atoms with Gasteiger partial charge in [0.2, 0.25) is 41.3 Å². The maximum atomic E-state index is 12.3. The van der Waals surface area contributed by atoms with Gasteiger partial charge in [0.25, 0.3) is 0 Å². The second-order valence-electron chi connectivity index (χ2n) is 46.1. The van der Waals surface area contributed by atoms with Crippen molar-refractivity contribution >= 4 is 58.6 Å². The summed E-state index contributed by atoms with van der Waals surface area (Å²) in [6, 6.07) is 19.5. The summed E-state index contributed by atoms with van der Waals surface area (Å²) in [6.07, 6.45) is 21.3. The average Bonchev–Trinajstić information content (AvgIpc) is 1.15. The molecular formula is C107H168F3N23O7. The van der Waals surface area contributed by atoms with Crippen LogP contribution in [0, 0.1) is 23.7 Å². The highest BCUT2D eigenvalue weighted by Gasteiger charge is 2.39. The van der Waals surface area contributed by atoms with E-state index in [2.05, 4.69) is 263 Å². The van der Waals surface area contributed by atoms with Gasteiger partial charge in [0.05, 0.1) is 59.7 Å². The van der Waals surface area contributed by atoms with Crippen molar-refractivity contribution in [2.24, 2.45) is 23.7 Å². The normalized spacial score (nSPS) is 16.4. The fourth-order valence-electron chi connectivity index (χ4n) is 15.5. The third kappa shape index (κ3) is 39.4. The van der Waals surface area contributed by atoms with Gasteiger partial charge < -0.3 is 65.9 Å². The van der Waals surface area contributed by atoms with Gasteiger partial charge in [0.15, 0.2) is 0 Å². The number of rotatable bonds is 26. The van der Waals surface area contributed by atoms with Crippen LogP contribution < -0.4 is 41.4 Å². The number of pyridine rings is 2. The number of piperidine rings is 2. The lowest BCUT2D eigenvalue weighted by Gasteiger charge is -2.40. The Kier molecular flexibility index (Phi) is 42.5. The number of amides is 5. The van der Waals surface area contributed by atoms with E-state index in [4.69, 9.17) is 9.47 Å². The molecule has 0 bridgehead atoms. The summed E-state index contributed by atoms with van der Waals surface area (Å²) >= 11 is 0. The predicted octanol–water partition coefficient (Wildman–Crippen LogP) is 18.7. The molecule has 2 saturated carbocycles. The van der Waals surface area contributed by atoms with Crippen molar-refractivity contribution < 1.29 is 46.6 Å². The highest BCUT2D eigenvalue weighted by molar-refractivity contribution is 5.82. The molecular weight excluding hydrogens is 1780 g/mol. The standard InChI is InChI=1S/C18H28N4O.C17H26N4O.C16H26N4O.2C15H24N4O.C13H19F3N2O.C13H21NO/c1-18(2,3)15-11-16(20-12-19-15)21-14-7-9-22(10-8-14)17(23)13-5-4-6-13;1-17(2,3)14-10-15(19-11-18-14)20-13-6-8-21(9-7-13)16(22)12-4-5-12;1-11(2)6-15(21)20-8-12(9-20)19-14-7-13(16(3,4)5)17-10-18-14;1-10(2)14(20)19-7-11(8-19)18-13-6-12(15(3,4)5)16-9-17-13;1-5-6-14(20)19-8-11(9-19)18-13-7-12(15(2,3)4)16-10-17-13;1-12(2,3)10-4-5-18-11(8-10)19-7-6-17-9-13(14,15)16;1-5-6-9-15-12-10-11(7-8-14-12)13(2,3)4/h11-14H,4-10H2,1-3H3,(H,19,20,21);10-13H,4-9H2,1-3H3,(H,18,19,20);7,10-12H,6,8-9H2,1-5H3,(H,17,18,19);6,9-11H,7-8H2,1-5H3,(H,16,17,18);7,10-11H,5-6,8-9H2,1-4H3,(H,16,17,18);4-5,8,17H,6-7,9H2,1-3H3;7-8,10H,5-6,9H2,1-4H3. The lowest BCUT2D eigenvalue weighted by Crippen LogP contribution is -2.58. The van der Waals surface area contributed by atoms with Gasteiger partial charge in [-0.2, -0.15) is 13.2 Å². The Morgan fingerprint density at radius 3 is 0.986 bits per heavy atom. The number of hydrogen-bond donors (Lipinski definition) is 6. The third-order valence-corrected chi connectivity index (χ3v) is 24.9. The summed E-state index contributed by atoms with van der Waals surface area (Å²) in [4.78, 5) is 121. The molecule has 774 valence electrons. The molecule has 140 heavy (non-hydrogen) atoms. The molecule has 2 aliphatic carbocycles. The first kappa shape index (κ1) is 115. The number of carbonyl (C=O) groups excluding carboxylic acids is 5. The Hall–Kier alpha value is -10.6. The Labute approximate surface area is 833 Å². The maximum absolute atomic E-state index is 12.3. The molecule has 6 N–H and O–H groups in total. The lowest BCUT2D eigenvalue weighted by atomic mass is 9.84. The van der Waals surface area contributed by atoms with E-state index in [0.717, 1.165) is 212 Å². The number of likely N-dealkylation sites (tertiary alicyclic amines) is 5. The number of ether oxygens (including phenoxy) is 2. The summed E-state index contributed by atoms with van der Waals surface area (Å²) in [6.45, 7) is 65.2. The number of halogens is 3. The Balaban J connectivity index is 0.000000201. The minimum absolute atomic E-state index is 0.0122. The molecule has 7 fully saturated rings. The number of carbonyl (C=O) groups is 5. The molecule has 0 atom stereocenters. The predicted molar refractivity (Wildman–Crippen MR) is 552 cm³/mol. The zero-order chi connectivity index (χ0) is 103. The van der Waals surface area contributed by atoms with Gasteiger partial charge in [-0.05, 0) is 104 Å². The SMILES string of the molecule is CC(C)(C)c1cc(NC2CCN(C(=O)C3CC3)CC2)ncn1.CC(C)(C)c1cc(NC2CCN(C(=O)C3CCC3)CC2)ncn1.CC(C)(C)c1ccnc(OCCNCC(F)(F)F)c1.CC(C)C(=O)N1CC(Nc2cc(C(C)(C)C)ncn2)C1.CC(C)CC(=O)N1CC(Nc2cc(C(C)(C)C)ncn2)C1.CCCC(=O)N1CC(Nc2cc(C(C)(C)C)ncn2)C1.CCCCOc1cc(C(C)(C)C)ccn1. The number of alkyl halides is 3. The number of nitrogens with zero attached hydrogens (tertiary/aromatic N) is 17. The molecule has 12 heterocycles. The van der Waals surface area contributed by atoms with E-state index in [-0.39, 0.29) is 74.7 Å². The fourth-order valence-corrected chi connectivity index (χ4v) is 15.5.